The number of benzene rings is 1. The maximum absolute atomic E-state index is 12.4. The van der Waals surface area contributed by atoms with E-state index >= 15 is 0 Å². The number of rotatable bonds is 8. The Morgan fingerprint density at radius 3 is 2.44 bits per heavy atom. The van der Waals surface area contributed by atoms with Gasteiger partial charge in [0.2, 0.25) is 5.91 Å². The van der Waals surface area contributed by atoms with E-state index in [0.717, 1.165) is 39.0 Å². The summed E-state index contributed by atoms with van der Waals surface area (Å²) in [5, 5.41) is 5.31. The monoisotopic (exact) mass is 385 g/mol. The van der Waals surface area contributed by atoms with Gasteiger partial charge in [-0.2, -0.15) is 0 Å². The van der Waals surface area contributed by atoms with Gasteiger partial charge in [-0.1, -0.05) is 37.3 Å². The number of carbonyl (C=O) groups excluding carboxylic acids is 1. The zero-order valence-electron chi connectivity index (χ0n) is 16.5. The summed E-state index contributed by atoms with van der Waals surface area (Å²) < 4.78 is 0. The predicted molar refractivity (Wildman–Crippen MR) is 113 cm³/mol. The van der Waals surface area contributed by atoms with E-state index < -0.39 is 0 Å². The van der Waals surface area contributed by atoms with Crippen molar-refractivity contribution in [2.24, 2.45) is 0 Å². The molecule has 1 amide bonds. The second-order valence-corrected chi connectivity index (χ2v) is 8.32. The molecule has 0 saturated carbocycles. The number of thiophene rings is 1. The first-order valence-corrected chi connectivity index (χ1v) is 10.8. The molecule has 0 spiro atoms. The average molecular weight is 386 g/mol. The van der Waals surface area contributed by atoms with Gasteiger partial charge in [-0.05, 0) is 42.5 Å². The zero-order chi connectivity index (χ0) is 19.1. The van der Waals surface area contributed by atoms with E-state index in [0.29, 0.717) is 13.0 Å². The Morgan fingerprint density at radius 2 is 1.81 bits per heavy atom. The van der Waals surface area contributed by atoms with Crippen molar-refractivity contribution in [3.05, 3.63) is 57.8 Å². The van der Waals surface area contributed by atoms with Crippen LogP contribution in [0.5, 0.6) is 0 Å². The van der Waals surface area contributed by atoms with Gasteiger partial charge in [0, 0.05) is 44.0 Å². The van der Waals surface area contributed by atoms with Gasteiger partial charge < -0.3 is 10.2 Å². The molecule has 1 saturated heterocycles. The third-order valence-electron chi connectivity index (χ3n) is 5.41. The molecular formula is C22H31N3OS. The Labute approximate surface area is 167 Å². The standard InChI is InChI=1S/C22H31N3OS/c1-3-18-6-8-19(9-7-18)10-11-22(26)23-17-20(21-5-4-16-27-21)25-14-12-24(2)13-15-25/h4-9,16,20H,3,10-15,17H2,1-2H3,(H,23,26)/t20-/m1/s1. The minimum absolute atomic E-state index is 0.144. The van der Waals surface area contributed by atoms with E-state index in [-0.39, 0.29) is 11.9 Å². The van der Waals surface area contributed by atoms with Crippen molar-refractivity contribution < 1.29 is 4.79 Å². The highest BCUT2D eigenvalue weighted by Gasteiger charge is 2.25. The lowest BCUT2D eigenvalue weighted by molar-refractivity contribution is -0.121. The Hall–Kier alpha value is -1.69. The van der Waals surface area contributed by atoms with Crippen molar-refractivity contribution in [3.63, 3.8) is 0 Å². The van der Waals surface area contributed by atoms with E-state index in [9.17, 15) is 4.79 Å². The summed E-state index contributed by atoms with van der Waals surface area (Å²) in [5.74, 6) is 0.144. The van der Waals surface area contributed by atoms with E-state index in [1.54, 1.807) is 11.3 Å². The fraction of sp³-hybridized carbons (Fsp3) is 0.500. The largest absolute Gasteiger partial charge is 0.354 e. The molecule has 0 radical (unpaired) electrons. The lowest BCUT2D eigenvalue weighted by Gasteiger charge is -2.37. The van der Waals surface area contributed by atoms with E-state index in [1.807, 2.05) is 0 Å². The molecule has 1 fully saturated rings. The van der Waals surface area contributed by atoms with Crippen LogP contribution in [0.25, 0.3) is 0 Å². The molecule has 1 N–H and O–H groups in total. The fourth-order valence-corrected chi connectivity index (χ4v) is 4.38. The Kier molecular flexibility index (Phi) is 7.44. The summed E-state index contributed by atoms with van der Waals surface area (Å²) in [5.41, 5.74) is 2.57. The number of hydrogen-bond donors (Lipinski definition) is 1. The van der Waals surface area contributed by atoms with Crippen LogP contribution in [-0.2, 0) is 17.6 Å². The molecule has 1 aromatic heterocycles. The lowest BCUT2D eigenvalue weighted by Crippen LogP contribution is -2.48. The minimum atomic E-state index is 0.144. The molecule has 2 aromatic rings. The molecule has 2 heterocycles. The lowest BCUT2D eigenvalue weighted by atomic mass is 10.1. The van der Waals surface area contributed by atoms with Crippen LogP contribution in [0, 0.1) is 0 Å². The van der Waals surface area contributed by atoms with Gasteiger partial charge in [0.25, 0.3) is 0 Å². The summed E-state index contributed by atoms with van der Waals surface area (Å²) in [4.78, 5) is 18.6. The van der Waals surface area contributed by atoms with E-state index in [4.69, 9.17) is 0 Å². The number of nitrogens with zero attached hydrogens (tertiary/aromatic N) is 2. The Balaban J connectivity index is 1.51. The molecule has 4 nitrogen and oxygen atoms in total. The second kappa shape index (κ2) is 10.0. The number of carbonyl (C=O) groups is 1. The molecule has 0 bridgehead atoms. The van der Waals surface area contributed by atoms with E-state index in [2.05, 4.69) is 70.9 Å². The molecule has 27 heavy (non-hydrogen) atoms. The third kappa shape index (κ3) is 5.89. The number of piperazine rings is 1. The summed E-state index contributed by atoms with van der Waals surface area (Å²) in [6.45, 7) is 7.13. The van der Waals surface area contributed by atoms with Gasteiger partial charge in [-0.3, -0.25) is 9.69 Å². The maximum atomic E-state index is 12.4. The number of amides is 1. The fourth-order valence-electron chi connectivity index (χ4n) is 3.52. The van der Waals surface area contributed by atoms with Gasteiger partial charge in [0.05, 0.1) is 6.04 Å². The Bertz CT molecular complexity index is 691. The summed E-state index contributed by atoms with van der Waals surface area (Å²) in [6.07, 6.45) is 2.40. The topological polar surface area (TPSA) is 35.6 Å². The first-order chi connectivity index (χ1) is 13.2. The van der Waals surface area contributed by atoms with Crippen LogP contribution in [0.1, 0.15) is 35.4 Å². The minimum Gasteiger partial charge on any atom is -0.354 e. The SMILES string of the molecule is CCc1ccc(CCC(=O)NC[C@H](c2cccs2)N2CCN(C)CC2)cc1. The highest BCUT2D eigenvalue weighted by molar-refractivity contribution is 7.10. The van der Waals surface area contributed by atoms with Crippen LogP contribution in [0.2, 0.25) is 0 Å². The number of aryl methyl sites for hydroxylation is 2. The molecule has 146 valence electrons. The third-order valence-corrected chi connectivity index (χ3v) is 6.39. The predicted octanol–water partition coefficient (Wildman–Crippen LogP) is 3.35. The molecule has 0 unspecified atom stereocenters. The molecule has 1 aliphatic heterocycles. The van der Waals surface area contributed by atoms with Gasteiger partial charge in [-0.15, -0.1) is 11.3 Å². The van der Waals surface area contributed by atoms with Crippen molar-refractivity contribution in [1.29, 1.82) is 0 Å². The van der Waals surface area contributed by atoms with Crippen molar-refractivity contribution >= 4 is 17.2 Å². The van der Waals surface area contributed by atoms with Crippen molar-refractivity contribution in [1.82, 2.24) is 15.1 Å². The highest BCUT2D eigenvalue weighted by atomic mass is 32.1. The maximum Gasteiger partial charge on any atom is 0.220 e. The van der Waals surface area contributed by atoms with Gasteiger partial charge in [0.15, 0.2) is 0 Å². The first kappa shape index (κ1) is 20.1. The quantitative estimate of drug-likeness (QED) is 0.757. The van der Waals surface area contributed by atoms with Crippen LogP contribution >= 0.6 is 11.3 Å². The second-order valence-electron chi connectivity index (χ2n) is 7.34. The number of likely N-dealkylation sites (N-methyl/N-ethyl adjacent to an activating group) is 1. The zero-order valence-corrected chi connectivity index (χ0v) is 17.3. The highest BCUT2D eigenvalue weighted by Crippen LogP contribution is 2.25. The summed E-state index contributed by atoms with van der Waals surface area (Å²) in [7, 11) is 2.17. The molecule has 1 aliphatic rings. The van der Waals surface area contributed by atoms with Gasteiger partial charge in [-0.25, -0.2) is 0 Å². The number of hydrogen-bond acceptors (Lipinski definition) is 4. The normalized spacial score (nSPS) is 17.0. The molecule has 0 aliphatic carbocycles. The molecule has 1 aromatic carbocycles. The van der Waals surface area contributed by atoms with Crippen LogP contribution < -0.4 is 5.32 Å². The molecule has 3 rings (SSSR count). The summed E-state index contributed by atoms with van der Waals surface area (Å²) >= 11 is 1.78. The smallest absolute Gasteiger partial charge is 0.220 e. The van der Waals surface area contributed by atoms with Crippen molar-refractivity contribution in [2.75, 3.05) is 39.8 Å². The average Bonchev–Trinajstić information content (AvgIpc) is 3.23. The van der Waals surface area contributed by atoms with Crippen LogP contribution in [-0.4, -0.2) is 55.5 Å². The Morgan fingerprint density at radius 1 is 1.11 bits per heavy atom. The van der Waals surface area contributed by atoms with Crippen molar-refractivity contribution in [3.8, 4) is 0 Å². The number of nitrogens with one attached hydrogen (secondary N) is 1. The van der Waals surface area contributed by atoms with Crippen LogP contribution in [0.15, 0.2) is 41.8 Å². The molecule has 1 atom stereocenters. The van der Waals surface area contributed by atoms with E-state index in [1.165, 1.54) is 16.0 Å². The van der Waals surface area contributed by atoms with Crippen LogP contribution in [0.3, 0.4) is 0 Å². The van der Waals surface area contributed by atoms with Crippen molar-refractivity contribution in [2.45, 2.75) is 32.2 Å². The van der Waals surface area contributed by atoms with Gasteiger partial charge in [0.1, 0.15) is 0 Å². The first-order valence-electron chi connectivity index (χ1n) is 9.96. The summed E-state index contributed by atoms with van der Waals surface area (Å²) in [6, 6.07) is 13.2. The van der Waals surface area contributed by atoms with Gasteiger partial charge >= 0.3 is 0 Å². The molecule has 5 heteroatoms. The molecular weight excluding hydrogens is 354 g/mol. The van der Waals surface area contributed by atoms with Crippen LogP contribution in [0.4, 0.5) is 0 Å².